The van der Waals surface area contributed by atoms with Crippen molar-refractivity contribution in [2.75, 3.05) is 0 Å². The highest BCUT2D eigenvalue weighted by atomic mass is 35.5. The summed E-state index contributed by atoms with van der Waals surface area (Å²) in [5.74, 6) is -2.61. The van der Waals surface area contributed by atoms with Crippen LogP contribution in [-0.2, 0) is 16.2 Å². The lowest BCUT2D eigenvalue weighted by molar-refractivity contribution is -0.138. The van der Waals surface area contributed by atoms with E-state index in [9.17, 15) is 18.4 Å². The number of hydrogen-bond donors (Lipinski definition) is 2. The zero-order valence-corrected chi connectivity index (χ0v) is 16.7. The summed E-state index contributed by atoms with van der Waals surface area (Å²) >= 11 is 6.97. The van der Waals surface area contributed by atoms with Gasteiger partial charge in [-0.05, 0) is 35.9 Å². The number of carbonyl (C=O) groups excluding carboxylic acids is 1. The zero-order valence-electron chi connectivity index (χ0n) is 15.1. The Kier molecular flexibility index (Phi) is 7.01. The molecule has 1 unspecified atom stereocenters. The molecule has 2 N–H and O–H groups in total. The predicted octanol–water partition coefficient (Wildman–Crippen LogP) is 3.59. The number of amides is 1. The fourth-order valence-corrected chi connectivity index (χ4v) is 3.59. The van der Waals surface area contributed by atoms with Crippen LogP contribution in [0.3, 0.4) is 0 Å². The average molecular weight is 454 g/mol. The summed E-state index contributed by atoms with van der Waals surface area (Å²) in [6, 6.07) is 7.79. The van der Waals surface area contributed by atoms with Crippen LogP contribution in [0, 0.1) is 11.6 Å². The fourth-order valence-electron chi connectivity index (χ4n) is 2.50. The highest BCUT2D eigenvalue weighted by molar-refractivity contribution is 8.15. The van der Waals surface area contributed by atoms with Gasteiger partial charge in [0, 0.05) is 16.7 Å². The first-order chi connectivity index (χ1) is 14.3. The number of aliphatic carboxylic acids is 1. The Labute approximate surface area is 178 Å². The van der Waals surface area contributed by atoms with Crippen LogP contribution in [0.1, 0.15) is 17.5 Å². The molecule has 30 heavy (non-hydrogen) atoms. The van der Waals surface area contributed by atoms with Gasteiger partial charge in [0.05, 0.1) is 12.6 Å². The van der Waals surface area contributed by atoms with E-state index in [2.05, 4.69) is 15.5 Å². The van der Waals surface area contributed by atoms with Crippen LogP contribution in [0.15, 0.2) is 46.6 Å². The van der Waals surface area contributed by atoms with Crippen molar-refractivity contribution in [2.45, 2.75) is 18.3 Å². The van der Waals surface area contributed by atoms with Gasteiger partial charge in [-0.3, -0.25) is 9.59 Å². The predicted molar refractivity (Wildman–Crippen MR) is 109 cm³/mol. The molecule has 1 saturated heterocycles. The Bertz CT molecular complexity index is 1030. The zero-order chi connectivity index (χ0) is 21.7. The quantitative estimate of drug-likeness (QED) is 0.493. The molecule has 1 fully saturated rings. The van der Waals surface area contributed by atoms with Crippen LogP contribution in [0.25, 0.3) is 0 Å². The number of carboxylic acid groups (broad SMARTS) is 1. The summed E-state index contributed by atoms with van der Waals surface area (Å²) in [6.07, 6.45) is 1.00. The van der Waals surface area contributed by atoms with Crippen LogP contribution < -0.4 is 10.1 Å². The van der Waals surface area contributed by atoms with Gasteiger partial charge < -0.3 is 15.2 Å². The van der Waals surface area contributed by atoms with Gasteiger partial charge in [-0.25, -0.2) is 8.78 Å². The van der Waals surface area contributed by atoms with Gasteiger partial charge in [0.1, 0.15) is 29.2 Å². The third-order valence-corrected chi connectivity index (χ3v) is 5.08. The monoisotopic (exact) mass is 453 g/mol. The van der Waals surface area contributed by atoms with E-state index in [1.807, 2.05) is 0 Å². The molecule has 1 atom stereocenters. The van der Waals surface area contributed by atoms with Crippen LogP contribution in [0.2, 0.25) is 5.02 Å². The number of carbonyl (C=O) groups is 2. The van der Waals surface area contributed by atoms with Crippen molar-refractivity contribution < 1.29 is 28.2 Å². The maximum atomic E-state index is 13.3. The summed E-state index contributed by atoms with van der Waals surface area (Å²) in [4.78, 5) is 22.4. The number of benzene rings is 2. The maximum Gasteiger partial charge on any atom is 0.305 e. The number of nitrogens with one attached hydrogen (secondary N) is 1. The van der Waals surface area contributed by atoms with Crippen molar-refractivity contribution in [3.63, 3.8) is 0 Å². The Morgan fingerprint density at radius 3 is 2.70 bits per heavy atom. The number of rotatable bonds is 7. The largest absolute Gasteiger partial charge is 0.488 e. The SMILES string of the molecule is O=C(O)CC1SC(=NN=Cc2cc(Cl)ccc2OCc2cc(F)cc(F)c2)NC1=O. The molecule has 1 aliphatic rings. The molecule has 0 radical (unpaired) electrons. The summed E-state index contributed by atoms with van der Waals surface area (Å²) in [7, 11) is 0. The second-order valence-electron chi connectivity index (χ2n) is 6.09. The lowest BCUT2D eigenvalue weighted by Gasteiger charge is -2.09. The van der Waals surface area contributed by atoms with E-state index in [0.717, 1.165) is 30.0 Å². The van der Waals surface area contributed by atoms with Gasteiger partial charge in [-0.15, -0.1) is 5.10 Å². The molecular formula is C19H14ClF2N3O4S. The van der Waals surface area contributed by atoms with Crippen molar-refractivity contribution in [2.24, 2.45) is 10.2 Å². The van der Waals surface area contributed by atoms with Gasteiger partial charge in [-0.2, -0.15) is 5.10 Å². The maximum absolute atomic E-state index is 13.3. The van der Waals surface area contributed by atoms with E-state index in [0.29, 0.717) is 21.9 Å². The topological polar surface area (TPSA) is 100 Å². The molecule has 0 aromatic heterocycles. The normalized spacial score (nSPS) is 17.5. The van der Waals surface area contributed by atoms with Crippen molar-refractivity contribution >= 4 is 46.6 Å². The number of amidine groups is 1. The van der Waals surface area contributed by atoms with E-state index >= 15 is 0 Å². The Balaban J connectivity index is 1.71. The highest BCUT2D eigenvalue weighted by Gasteiger charge is 2.32. The minimum absolute atomic E-state index is 0.0888. The van der Waals surface area contributed by atoms with Crippen molar-refractivity contribution in [3.8, 4) is 5.75 Å². The second-order valence-corrected chi connectivity index (χ2v) is 7.72. The summed E-state index contributed by atoms with van der Waals surface area (Å²) < 4.78 is 32.2. The Morgan fingerprint density at radius 2 is 2.00 bits per heavy atom. The minimum atomic E-state index is -1.09. The Morgan fingerprint density at radius 1 is 1.27 bits per heavy atom. The smallest absolute Gasteiger partial charge is 0.305 e. The van der Waals surface area contributed by atoms with Crippen LogP contribution in [0.5, 0.6) is 5.75 Å². The van der Waals surface area contributed by atoms with Crippen molar-refractivity contribution in [1.29, 1.82) is 0 Å². The molecule has 11 heteroatoms. The first-order valence-electron chi connectivity index (χ1n) is 8.48. The molecule has 1 amide bonds. The Hall–Kier alpha value is -2.98. The number of ether oxygens (including phenoxy) is 1. The second kappa shape index (κ2) is 9.68. The third kappa shape index (κ3) is 6.01. The van der Waals surface area contributed by atoms with Crippen molar-refractivity contribution in [3.05, 3.63) is 64.2 Å². The number of carboxylic acids is 1. The fraction of sp³-hybridized carbons (Fsp3) is 0.158. The lowest BCUT2D eigenvalue weighted by atomic mass is 10.2. The van der Waals surface area contributed by atoms with E-state index < -0.39 is 28.8 Å². The molecule has 0 saturated carbocycles. The van der Waals surface area contributed by atoms with Crippen LogP contribution in [0.4, 0.5) is 8.78 Å². The average Bonchev–Trinajstić information content (AvgIpc) is 2.99. The van der Waals surface area contributed by atoms with Gasteiger partial charge in [-0.1, -0.05) is 23.4 Å². The molecule has 0 aliphatic carbocycles. The molecule has 156 valence electrons. The first kappa shape index (κ1) is 21.7. The summed E-state index contributed by atoms with van der Waals surface area (Å²) in [6.45, 7) is -0.0888. The molecule has 1 heterocycles. The van der Waals surface area contributed by atoms with Crippen LogP contribution >= 0.6 is 23.4 Å². The number of nitrogens with zero attached hydrogens (tertiary/aromatic N) is 2. The van der Waals surface area contributed by atoms with Gasteiger partial charge in [0.2, 0.25) is 5.91 Å². The van der Waals surface area contributed by atoms with Crippen molar-refractivity contribution in [1.82, 2.24) is 5.32 Å². The van der Waals surface area contributed by atoms with E-state index in [-0.39, 0.29) is 18.2 Å². The molecule has 0 spiro atoms. The molecule has 2 aromatic carbocycles. The van der Waals surface area contributed by atoms with Gasteiger partial charge in [0.15, 0.2) is 5.17 Å². The van der Waals surface area contributed by atoms with E-state index in [1.54, 1.807) is 18.2 Å². The molecular weight excluding hydrogens is 440 g/mol. The summed E-state index contributed by atoms with van der Waals surface area (Å²) in [5.41, 5.74) is 0.750. The molecule has 0 bridgehead atoms. The molecule has 7 nitrogen and oxygen atoms in total. The number of halogens is 3. The lowest BCUT2D eigenvalue weighted by Crippen LogP contribution is -2.26. The number of thioether (sulfide) groups is 1. The van der Waals surface area contributed by atoms with Crippen LogP contribution in [-0.4, -0.2) is 33.6 Å². The minimum Gasteiger partial charge on any atom is -0.488 e. The molecule has 3 rings (SSSR count). The third-order valence-electron chi connectivity index (χ3n) is 3.77. The summed E-state index contributed by atoms with van der Waals surface area (Å²) in [5, 5.41) is 18.8. The van der Waals surface area contributed by atoms with E-state index in [4.69, 9.17) is 21.4 Å². The highest BCUT2D eigenvalue weighted by Crippen LogP contribution is 2.24. The molecule has 1 aliphatic heterocycles. The van der Waals surface area contributed by atoms with Gasteiger partial charge in [0.25, 0.3) is 0 Å². The number of hydrogen-bond acceptors (Lipinski definition) is 6. The first-order valence-corrected chi connectivity index (χ1v) is 9.73. The van der Waals surface area contributed by atoms with E-state index in [1.165, 1.54) is 6.21 Å². The standard InChI is InChI=1S/C19H14ClF2N3O4S/c20-12-1-2-15(29-9-10-3-13(21)6-14(22)4-10)11(5-12)8-23-25-19-24-18(28)16(30-19)7-17(26)27/h1-6,8,16H,7,9H2,(H,26,27)(H,24,25,28). The van der Waals surface area contributed by atoms with Gasteiger partial charge >= 0.3 is 5.97 Å². The molecule has 2 aromatic rings.